The van der Waals surface area contributed by atoms with Crippen molar-refractivity contribution >= 4 is 45.8 Å². The molecule has 144 valence electrons. The quantitative estimate of drug-likeness (QED) is 0.397. The topological polar surface area (TPSA) is 113 Å². The normalized spacial score (nSPS) is 10.7. The zero-order valence-corrected chi connectivity index (χ0v) is 15.8. The molecule has 0 saturated carbocycles. The standard InChI is InChI=1S/C21H16ClN5O2/c22-15-3-1-2-4-16(15)27-21(29)25-13-7-5-12(6-8-13)18-14-9-10-24-11-17(14)26-19(18)20(23)28/h1-11,26H,(H2,23,28)(H2,25,27,29). The van der Waals surface area contributed by atoms with E-state index in [1.54, 1.807) is 60.9 Å². The third-order valence-electron chi connectivity index (χ3n) is 4.40. The first kappa shape index (κ1) is 18.5. The minimum atomic E-state index is -0.558. The number of hydrogen-bond donors (Lipinski definition) is 4. The molecular formula is C21H16ClN5O2. The average Bonchev–Trinajstić information content (AvgIpc) is 3.10. The number of amides is 3. The number of H-pyrrole nitrogens is 1. The molecule has 0 aliphatic rings. The first-order valence-electron chi connectivity index (χ1n) is 8.71. The molecule has 7 nitrogen and oxygen atoms in total. The lowest BCUT2D eigenvalue weighted by Crippen LogP contribution is -2.19. The van der Waals surface area contributed by atoms with Gasteiger partial charge in [0.15, 0.2) is 0 Å². The lowest BCUT2D eigenvalue weighted by Gasteiger charge is -2.10. The van der Waals surface area contributed by atoms with E-state index in [9.17, 15) is 9.59 Å². The van der Waals surface area contributed by atoms with E-state index in [1.807, 2.05) is 6.07 Å². The Kier molecular flexibility index (Phi) is 4.88. The highest BCUT2D eigenvalue weighted by molar-refractivity contribution is 6.33. The first-order valence-corrected chi connectivity index (χ1v) is 9.09. The molecule has 0 aliphatic carbocycles. The third-order valence-corrected chi connectivity index (χ3v) is 4.73. The van der Waals surface area contributed by atoms with Crippen LogP contribution in [0.3, 0.4) is 0 Å². The predicted octanol–water partition coefficient (Wildman–Crippen LogP) is 4.63. The van der Waals surface area contributed by atoms with Gasteiger partial charge in [-0.2, -0.15) is 0 Å². The Hall–Kier alpha value is -3.84. The van der Waals surface area contributed by atoms with Crippen molar-refractivity contribution in [3.63, 3.8) is 0 Å². The zero-order chi connectivity index (χ0) is 20.4. The van der Waals surface area contributed by atoms with Crippen LogP contribution in [-0.2, 0) is 0 Å². The summed E-state index contributed by atoms with van der Waals surface area (Å²) in [6, 6.07) is 15.5. The molecular weight excluding hydrogens is 390 g/mol. The summed E-state index contributed by atoms with van der Waals surface area (Å²) in [5.74, 6) is -0.558. The molecule has 4 rings (SSSR count). The van der Waals surface area contributed by atoms with Crippen LogP contribution >= 0.6 is 11.6 Å². The summed E-state index contributed by atoms with van der Waals surface area (Å²) in [5.41, 5.74) is 9.14. The van der Waals surface area contributed by atoms with Crippen LogP contribution < -0.4 is 16.4 Å². The van der Waals surface area contributed by atoms with Crippen LogP contribution in [0.5, 0.6) is 0 Å². The number of carbonyl (C=O) groups excluding carboxylic acids is 2. The minimum Gasteiger partial charge on any atom is -0.364 e. The zero-order valence-electron chi connectivity index (χ0n) is 15.1. The number of urea groups is 1. The molecule has 0 radical (unpaired) electrons. The SMILES string of the molecule is NC(=O)c1[nH]c2cnccc2c1-c1ccc(NC(=O)Nc2ccccc2Cl)cc1. The first-order chi connectivity index (χ1) is 14.0. The highest BCUT2D eigenvalue weighted by atomic mass is 35.5. The number of rotatable bonds is 4. The van der Waals surface area contributed by atoms with E-state index >= 15 is 0 Å². The summed E-state index contributed by atoms with van der Waals surface area (Å²) in [5, 5.41) is 6.73. The van der Waals surface area contributed by atoms with E-state index in [-0.39, 0.29) is 0 Å². The number of carbonyl (C=O) groups is 2. The Balaban J connectivity index is 1.58. The van der Waals surface area contributed by atoms with Gasteiger partial charge >= 0.3 is 6.03 Å². The Morgan fingerprint density at radius 2 is 1.76 bits per heavy atom. The van der Waals surface area contributed by atoms with Crippen LogP contribution in [0, 0.1) is 0 Å². The largest absolute Gasteiger partial charge is 0.364 e. The molecule has 8 heteroatoms. The number of benzene rings is 2. The van der Waals surface area contributed by atoms with Gasteiger partial charge in [-0.1, -0.05) is 35.9 Å². The van der Waals surface area contributed by atoms with Crippen molar-refractivity contribution < 1.29 is 9.59 Å². The molecule has 3 amide bonds. The third kappa shape index (κ3) is 3.76. The fourth-order valence-corrected chi connectivity index (χ4v) is 3.28. The van der Waals surface area contributed by atoms with Gasteiger partial charge in [0.25, 0.3) is 5.91 Å². The lowest BCUT2D eigenvalue weighted by molar-refractivity contribution is 0.0997. The summed E-state index contributed by atoms with van der Waals surface area (Å²) >= 11 is 6.05. The van der Waals surface area contributed by atoms with Gasteiger partial charge in [-0.3, -0.25) is 9.78 Å². The van der Waals surface area contributed by atoms with Gasteiger partial charge in [-0.25, -0.2) is 4.79 Å². The summed E-state index contributed by atoms with van der Waals surface area (Å²) in [7, 11) is 0. The molecule has 0 atom stereocenters. The highest BCUT2D eigenvalue weighted by Crippen LogP contribution is 2.32. The van der Waals surface area contributed by atoms with Crippen LogP contribution in [0.25, 0.3) is 22.0 Å². The van der Waals surface area contributed by atoms with Crippen LogP contribution in [0.2, 0.25) is 5.02 Å². The van der Waals surface area contributed by atoms with Crippen molar-refractivity contribution in [3.8, 4) is 11.1 Å². The number of fused-ring (bicyclic) bond motifs is 1. The number of nitrogens with zero attached hydrogens (tertiary/aromatic N) is 1. The van der Waals surface area contributed by atoms with Crippen LogP contribution in [0.1, 0.15) is 10.5 Å². The van der Waals surface area contributed by atoms with E-state index in [1.165, 1.54) is 0 Å². The molecule has 29 heavy (non-hydrogen) atoms. The molecule has 5 N–H and O–H groups in total. The van der Waals surface area contributed by atoms with Gasteiger partial charge < -0.3 is 21.4 Å². The molecule has 4 aromatic rings. The van der Waals surface area contributed by atoms with Gasteiger partial charge in [-0.05, 0) is 35.9 Å². The van der Waals surface area contributed by atoms with Crippen molar-refractivity contribution in [1.29, 1.82) is 0 Å². The number of hydrogen-bond acceptors (Lipinski definition) is 3. The molecule has 2 heterocycles. The molecule has 0 spiro atoms. The number of anilines is 2. The second-order valence-corrected chi connectivity index (χ2v) is 6.70. The molecule has 2 aromatic carbocycles. The minimum absolute atomic E-state index is 0.310. The number of nitrogens with one attached hydrogen (secondary N) is 3. The second-order valence-electron chi connectivity index (χ2n) is 6.30. The number of pyridine rings is 1. The number of para-hydroxylation sites is 1. The summed E-state index contributed by atoms with van der Waals surface area (Å²) in [6.07, 6.45) is 3.29. The van der Waals surface area contributed by atoms with Gasteiger partial charge in [0.2, 0.25) is 0 Å². The van der Waals surface area contributed by atoms with Gasteiger partial charge in [0.1, 0.15) is 5.69 Å². The molecule has 0 saturated heterocycles. The van der Waals surface area contributed by atoms with Gasteiger partial charge in [0, 0.05) is 22.8 Å². The van der Waals surface area contributed by atoms with Crippen molar-refractivity contribution in [2.45, 2.75) is 0 Å². The fraction of sp³-hybridized carbons (Fsp3) is 0. The van der Waals surface area contributed by atoms with E-state index < -0.39 is 11.9 Å². The maximum absolute atomic E-state index is 12.2. The van der Waals surface area contributed by atoms with Crippen molar-refractivity contribution in [2.75, 3.05) is 10.6 Å². The second kappa shape index (κ2) is 7.65. The maximum Gasteiger partial charge on any atom is 0.323 e. The van der Waals surface area contributed by atoms with Crippen molar-refractivity contribution in [2.24, 2.45) is 5.73 Å². The Morgan fingerprint density at radius 3 is 2.48 bits per heavy atom. The Labute approximate surface area is 170 Å². The highest BCUT2D eigenvalue weighted by Gasteiger charge is 2.17. The summed E-state index contributed by atoms with van der Waals surface area (Å²) < 4.78 is 0. The predicted molar refractivity (Wildman–Crippen MR) is 114 cm³/mol. The number of aromatic nitrogens is 2. The number of nitrogens with two attached hydrogens (primary N) is 1. The van der Waals surface area contributed by atoms with E-state index in [4.69, 9.17) is 17.3 Å². The number of aromatic amines is 1. The number of halogens is 1. The fourth-order valence-electron chi connectivity index (χ4n) is 3.10. The van der Waals surface area contributed by atoms with Crippen LogP contribution in [0.4, 0.5) is 16.2 Å². The molecule has 0 aliphatic heterocycles. The molecule has 0 unspecified atom stereocenters. The maximum atomic E-state index is 12.2. The van der Waals surface area contributed by atoms with Crippen LogP contribution in [0.15, 0.2) is 67.0 Å². The van der Waals surface area contributed by atoms with E-state index in [0.717, 1.165) is 16.5 Å². The van der Waals surface area contributed by atoms with E-state index in [0.29, 0.717) is 27.7 Å². The number of primary amides is 1. The summed E-state index contributed by atoms with van der Waals surface area (Å²) in [6.45, 7) is 0. The van der Waals surface area contributed by atoms with Crippen LogP contribution in [-0.4, -0.2) is 21.9 Å². The Bertz CT molecular complexity index is 1220. The smallest absolute Gasteiger partial charge is 0.323 e. The summed E-state index contributed by atoms with van der Waals surface area (Å²) in [4.78, 5) is 31.2. The monoisotopic (exact) mass is 405 g/mol. The molecule has 2 aromatic heterocycles. The molecule has 0 fully saturated rings. The lowest BCUT2D eigenvalue weighted by atomic mass is 10.0. The van der Waals surface area contributed by atoms with Gasteiger partial charge in [-0.15, -0.1) is 0 Å². The Morgan fingerprint density at radius 1 is 1.00 bits per heavy atom. The van der Waals surface area contributed by atoms with Gasteiger partial charge in [0.05, 0.1) is 22.4 Å². The van der Waals surface area contributed by atoms with Crippen molar-refractivity contribution in [1.82, 2.24) is 9.97 Å². The van der Waals surface area contributed by atoms with E-state index in [2.05, 4.69) is 20.6 Å². The van der Waals surface area contributed by atoms with Crippen molar-refractivity contribution in [3.05, 3.63) is 77.7 Å². The average molecular weight is 406 g/mol. The molecule has 0 bridgehead atoms.